The van der Waals surface area contributed by atoms with Crippen molar-refractivity contribution in [1.29, 1.82) is 0 Å². The molecule has 8 nitrogen and oxygen atoms in total. The zero-order valence-corrected chi connectivity index (χ0v) is 11.0. The second-order valence-electron chi connectivity index (χ2n) is 3.91. The van der Waals surface area contributed by atoms with Crippen molar-refractivity contribution < 1.29 is 19.6 Å². The minimum Gasteiger partial charge on any atom is -0.478 e. The number of rotatable bonds is 7. The van der Waals surface area contributed by atoms with Crippen LogP contribution >= 0.6 is 11.6 Å². The van der Waals surface area contributed by atoms with Crippen LogP contribution in [0.3, 0.4) is 0 Å². The van der Waals surface area contributed by atoms with E-state index in [0.29, 0.717) is 6.42 Å². The molecule has 0 aromatic heterocycles. The molecule has 9 heteroatoms. The molecule has 1 rings (SSSR count). The average Bonchev–Trinajstić information content (AvgIpc) is 2.34. The molecule has 0 aliphatic carbocycles. The summed E-state index contributed by atoms with van der Waals surface area (Å²) in [5.41, 5.74) is 4.34. The number of aromatic carboxylic acids is 1. The summed E-state index contributed by atoms with van der Waals surface area (Å²) in [6, 6.07) is 1.98. The van der Waals surface area contributed by atoms with Gasteiger partial charge in [0.15, 0.2) is 0 Å². The maximum atomic E-state index is 11.1. The summed E-state index contributed by atoms with van der Waals surface area (Å²) in [7, 11) is 0. The van der Waals surface area contributed by atoms with E-state index in [-0.39, 0.29) is 29.2 Å². The van der Waals surface area contributed by atoms with Gasteiger partial charge in [-0.15, -0.1) is 0 Å². The molecule has 0 saturated carbocycles. The Labute approximate surface area is 118 Å². The molecule has 1 aromatic rings. The predicted molar refractivity (Wildman–Crippen MR) is 72.0 cm³/mol. The zero-order valence-electron chi connectivity index (χ0n) is 10.3. The first-order valence-corrected chi connectivity index (χ1v) is 5.94. The van der Waals surface area contributed by atoms with Crippen LogP contribution in [-0.2, 0) is 4.79 Å². The van der Waals surface area contributed by atoms with Gasteiger partial charge in [0.1, 0.15) is 0 Å². The van der Waals surface area contributed by atoms with E-state index < -0.39 is 22.5 Å². The monoisotopic (exact) mass is 301 g/mol. The Hall–Kier alpha value is -2.35. The van der Waals surface area contributed by atoms with E-state index in [1.165, 1.54) is 0 Å². The van der Waals surface area contributed by atoms with Crippen molar-refractivity contribution in [3.05, 3.63) is 32.8 Å². The standard InChI is InChI=1S/C11H12ClN3O5/c12-8-5-6(15(19)20)4-7(11(17)18)10(8)14-3-1-2-9(13)16/h4-5,14H,1-3H2,(H2,13,16)(H,17,18). The summed E-state index contributed by atoms with van der Waals surface area (Å²) in [5, 5.41) is 22.4. The highest BCUT2D eigenvalue weighted by atomic mass is 35.5. The smallest absolute Gasteiger partial charge is 0.338 e. The number of halogens is 1. The topological polar surface area (TPSA) is 136 Å². The van der Waals surface area contributed by atoms with Gasteiger partial charge in [0, 0.05) is 25.1 Å². The Bertz CT molecular complexity index is 561. The number of nitrogens with zero attached hydrogens (tertiary/aromatic N) is 1. The van der Waals surface area contributed by atoms with Crippen LogP contribution in [-0.4, -0.2) is 28.5 Å². The number of nitro benzene ring substituents is 1. The largest absolute Gasteiger partial charge is 0.478 e. The van der Waals surface area contributed by atoms with Gasteiger partial charge >= 0.3 is 5.97 Å². The molecule has 0 radical (unpaired) electrons. The molecule has 0 aliphatic rings. The van der Waals surface area contributed by atoms with Gasteiger partial charge in [-0.25, -0.2) is 4.79 Å². The molecule has 0 atom stereocenters. The van der Waals surface area contributed by atoms with Gasteiger partial charge in [-0.3, -0.25) is 14.9 Å². The van der Waals surface area contributed by atoms with E-state index in [2.05, 4.69) is 5.32 Å². The lowest BCUT2D eigenvalue weighted by Gasteiger charge is -2.11. The van der Waals surface area contributed by atoms with Crippen LogP contribution in [0.15, 0.2) is 12.1 Å². The Balaban J connectivity index is 2.96. The number of hydrogen-bond acceptors (Lipinski definition) is 5. The predicted octanol–water partition coefficient (Wildman–Crippen LogP) is 1.62. The molecular formula is C11H12ClN3O5. The number of non-ortho nitro benzene ring substituents is 1. The first-order chi connectivity index (χ1) is 9.32. The van der Waals surface area contributed by atoms with Crippen molar-refractivity contribution in [2.45, 2.75) is 12.8 Å². The van der Waals surface area contributed by atoms with Gasteiger partial charge in [-0.05, 0) is 6.42 Å². The lowest BCUT2D eigenvalue weighted by molar-refractivity contribution is -0.384. The number of benzene rings is 1. The first-order valence-electron chi connectivity index (χ1n) is 5.56. The number of carbonyl (C=O) groups is 2. The van der Waals surface area contributed by atoms with Crippen LogP contribution in [0.2, 0.25) is 5.02 Å². The third kappa shape index (κ3) is 4.09. The van der Waals surface area contributed by atoms with E-state index in [0.717, 1.165) is 12.1 Å². The fourth-order valence-corrected chi connectivity index (χ4v) is 1.80. The third-order valence-electron chi connectivity index (χ3n) is 2.42. The number of anilines is 1. The third-order valence-corrected chi connectivity index (χ3v) is 2.72. The second kappa shape index (κ2) is 6.71. The molecule has 0 fully saturated rings. The number of hydrogen-bond donors (Lipinski definition) is 3. The summed E-state index contributed by atoms with van der Waals surface area (Å²) in [5.74, 6) is -1.81. The van der Waals surface area contributed by atoms with Crippen LogP contribution in [0.25, 0.3) is 0 Å². The van der Waals surface area contributed by atoms with Gasteiger partial charge in [0.25, 0.3) is 5.69 Å². The van der Waals surface area contributed by atoms with Gasteiger partial charge < -0.3 is 16.2 Å². The number of primary amides is 1. The minimum atomic E-state index is -1.34. The van der Waals surface area contributed by atoms with Crippen molar-refractivity contribution in [1.82, 2.24) is 0 Å². The molecule has 0 heterocycles. The first kappa shape index (κ1) is 15.7. The van der Waals surface area contributed by atoms with Gasteiger partial charge in [-0.1, -0.05) is 11.6 Å². The lowest BCUT2D eigenvalue weighted by Crippen LogP contribution is -2.14. The highest BCUT2D eigenvalue weighted by Crippen LogP contribution is 2.31. The van der Waals surface area contributed by atoms with Crippen molar-refractivity contribution in [2.75, 3.05) is 11.9 Å². The van der Waals surface area contributed by atoms with E-state index >= 15 is 0 Å². The van der Waals surface area contributed by atoms with Crippen LogP contribution in [0.5, 0.6) is 0 Å². The second-order valence-corrected chi connectivity index (χ2v) is 4.32. The van der Waals surface area contributed by atoms with E-state index in [4.69, 9.17) is 22.4 Å². The molecule has 0 unspecified atom stereocenters. The fourth-order valence-electron chi connectivity index (χ4n) is 1.52. The number of nitrogens with one attached hydrogen (secondary N) is 1. The lowest BCUT2D eigenvalue weighted by atomic mass is 10.1. The van der Waals surface area contributed by atoms with Gasteiger partial charge in [-0.2, -0.15) is 0 Å². The maximum Gasteiger partial charge on any atom is 0.338 e. The Morgan fingerprint density at radius 1 is 1.45 bits per heavy atom. The molecule has 4 N–H and O–H groups in total. The zero-order chi connectivity index (χ0) is 15.3. The summed E-state index contributed by atoms with van der Waals surface area (Å²) < 4.78 is 0. The quantitative estimate of drug-likeness (QED) is 0.398. The molecule has 20 heavy (non-hydrogen) atoms. The number of carboxylic acids is 1. The minimum absolute atomic E-state index is 0.0734. The van der Waals surface area contributed by atoms with Crippen molar-refractivity contribution >= 4 is 34.9 Å². The fraction of sp³-hybridized carbons (Fsp3) is 0.273. The molecule has 1 aromatic carbocycles. The van der Waals surface area contributed by atoms with Crippen LogP contribution in [0.4, 0.5) is 11.4 Å². The van der Waals surface area contributed by atoms with Gasteiger partial charge in [0.2, 0.25) is 5.91 Å². The Morgan fingerprint density at radius 2 is 2.10 bits per heavy atom. The molecule has 0 bridgehead atoms. The highest BCUT2D eigenvalue weighted by Gasteiger charge is 2.19. The SMILES string of the molecule is NC(=O)CCCNc1c(Cl)cc([N+](=O)[O-])cc1C(=O)O. The molecule has 0 saturated heterocycles. The highest BCUT2D eigenvalue weighted by molar-refractivity contribution is 6.34. The van der Waals surface area contributed by atoms with Crippen LogP contribution < -0.4 is 11.1 Å². The molecule has 0 aliphatic heterocycles. The normalized spacial score (nSPS) is 10.1. The number of nitrogens with two attached hydrogens (primary N) is 1. The van der Waals surface area contributed by atoms with Crippen LogP contribution in [0.1, 0.15) is 23.2 Å². The van der Waals surface area contributed by atoms with Gasteiger partial charge in [0.05, 0.1) is 21.2 Å². The Kier molecular flexibility index (Phi) is 5.27. The van der Waals surface area contributed by atoms with Crippen molar-refractivity contribution in [3.63, 3.8) is 0 Å². The molecule has 1 amide bonds. The van der Waals surface area contributed by atoms with E-state index in [9.17, 15) is 19.7 Å². The van der Waals surface area contributed by atoms with Crippen molar-refractivity contribution in [3.8, 4) is 0 Å². The van der Waals surface area contributed by atoms with Crippen LogP contribution in [0, 0.1) is 10.1 Å². The summed E-state index contributed by atoms with van der Waals surface area (Å²) in [4.78, 5) is 31.6. The van der Waals surface area contributed by atoms with E-state index in [1.807, 2.05) is 0 Å². The summed E-state index contributed by atoms with van der Waals surface area (Å²) >= 11 is 5.84. The number of amides is 1. The maximum absolute atomic E-state index is 11.1. The average molecular weight is 302 g/mol. The molecule has 0 spiro atoms. The molecule has 108 valence electrons. The van der Waals surface area contributed by atoms with Crippen molar-refractivity contribution in [2.24, 2.45) is 5.73 Å². The summed E-state index contributed by atoms with van der Waals surface area (Å²) in [6.45, 7) is 0.265. The summed E-state index contributed by atoms with van der Waals surface area (Å²) in [6.07, 6.45) is 0.529. The van der Waals surface area contributed by atoms with E-state index in [1.54, 1.807) is 0 Å². The Morgan fingerprint density at radius 3 is 2.60 bits per heavy atom. The number of carbonyl (C=O) groups excluding carboxylic acids is 1. The number of carboxylic acid groups (broad SMARTS) is 1. The number of nitro groups is 1. The molecular weight excluding hydrogens is 290 g/mol.